The van der Waals surface area contributed by atoms with Crippen LogP contribution in [0.1, 0.15) is 24.5 Å². The number of carbonyl (C=O) groups excluding carboxylic acids is 1. The van der Waals surface area contributed by atoms with Gasteiger partial charge in [-0.25, -0.2) is 4.68 Å². The Bertz CT molecular complexity index is 350. The molecule has 1 amide bonds. The van der Waals surface area contributed by atoms with E-state index in [0.29, 0.717) is 4.73 Å². The quantitative estimate of drug-likeness (QED) is 0.883. The summed E-state index contributed by atoms with van der Waals surface area (Å²) in [5, 5.41) is 6.70. The third kappa shape index (κ3) is 3.28. The number of hydrogen-bond acceptors (Lipinski definition) is 4. The smallest absolute Gasteiger partial charge is 0.289 e. The van der Waals surface area contributed by atoms with E-state index in [4.69, 9.17) is 4.74 Å². The first-order valence-electron chi connectivity index (χ1n) is 4.44. The molecule has 0 bridgehead atoms. The molecule has 0 spiro atoms. The van der Waals surface area contributed by atoms with Gasteiger partial charge in [0.15, 0.2) is 0 Å². The van der Waals surface area contributed by atoms with Gasteiger partial charge in [0.25, 0.3) is 5.91 Å². The van der Waals surface area contributed by atoms with Crippen LogP contribution in [0.4, 0.5) is 0 Å². The molecule has 84 valence electrons. The van der Waals surface area contributed by atoms with Crippen molar-refractivity contribution >= 4 is 21.8 Å². The van der Waals surface area contributed by atoms with Gasteiger partial charge in [-0.05, 0) is 29.8 Å². The van der Waals surface area contributed by atoms with Gasteiger partial charge in [0.1, 0.15) is 6.73 Å². The zero-order valence-electron chi connectivity index (χ0n) is 8.82. The monoisotopic (exact) mass is 276 g/mol. The predicted molar refractivity (Wildman–Crippen MR) is 57.3 cm³/mol. The Morgan fingerprint density at radius 1 is 1.67 bits per heavy atom. The number of aromatic nitrogens is 3. The fourth-order valence-corrected chi connectivity index (χ4v) is 1.38. The standard InChI is InChI=1S/C8H13BrN4O2/c1-5(2)10-7(14)6-11-8(9)12-13(6)4-15-3/h5H,4H2,1-3H3,(H,10,14). The van der Waals surface area contributed by atoms with Gasteiger partial charge in [-0.1, -0.05) is 0 Å². The second kappa shape index (κ2) is 5.22. The summed E-state index contributed by atoms with van der Waals surface area (Å²) in [4.78, 5) is 15.6. The summed E-state index contributed by atoms with van der Waals surface area (Å²) in [7, 11) is 1.53. The summed E-state index contributed by atoms with van der Waals surface area (Å²) in [5.41, 5.74) is 0. The van der Waals surface area contributed by atoms with E-state index in [1.807, 2.05) is 13.8 Å². The van der Waals surface area contributed by atoms with Crippen LogP contribution < -0.4 is 5.32 Å². The van der Waals surface area contributed by atoms with Crippen molar-refractivity contribution in [3.8, 4) is 0 Å². The van der Waals surface area contributed by atoms with E-state index in [1.165, 1.54) is 11.8 Å². The minimum absolute atomic E-state index is 0.0592. The Balaban J connectivity index is 2.86. The van der Waals surface area contributed by atoms with Gasteiger partial charge in [0, 0.05) is 13.2 Å². The average molecular weight is 277 g/mol. The summed E-state index contributed by atoms with van der Waals surface area (Å²) >= 11 is 3.11. The van der Waals surface area contributed by atoms with Crippen molar-refractivity contribution in [1.82, 2.24) is 20.1 Å². The number of methoxy groups -OCH3 is 1. The molecule has 0 atom stereocenters. The van der Waals surface area contributed by atoms with Crippen molar-refractivity contribution in [2.24, 2.45) is 0 Å². The van der Waals surface area contributed by atoms with Crippen molar-refractivity contribution in [3.05, 3.63) is 10.6 Å². The summed E-state index contributed by atoms with van der Waals surface area (Å²) in [5.74, 6) is -0.0299. The molecule has 0 aliphatic rings. The van der Waals surface area contributed by atoms with Gasteiger partial charge in [0.05, 0.1) is 0 Å². The number of carbonyl (C=O) groups is 1. The minimum Gasteiger partial charge on any atom is -0.362 e. The first kappa shape index (κ1) is 12.1. The minimum atomic E-state index is -0.264. The van der Waals surface area contributed by atoms with E-state index >= 15 is 0 Å². The first-order valence-corrected chi connectivity index (χ1v) is 5.24. The lowest BCUT2D eigenvalue weighted by molar-refractivity contribution is 0.0877. The molecule has 0 aromatic carbocycles. The summed E-state index contributed by atoms with van der Waals surface area (Å²) in [6.45, 7) is 3.95. The van der Waals surface area contributed by atoms with Crippen LogP contribution in [-0.4, -0.2) is 33.8 Å². The topological polar surface area (TPSA) is 69.0 Å². The van der Waals surface area contributed by atoms with Gasteiger partial charge in [-0.3, -0.25) is 4.79 Å². The third-order valence-electron chi connectivity index (χ3n) is 1.52. The lowest BCUT2D eigenvalue weighted by Crippen LogP contribution is -2.32. The summed E-state index contributed by atoms with van der Waals surface area (Å²) < 4.78 is 6.66. The van der Waals surface area contributed by atoms with Gasteiger partial charge >= 0.3 is 0 Å². The lowest BCUT2D eigenvalue weighted by atomic mass is 10.4. The number of nitrogens with zero attached hydrogens (tertiary/aromatic N) is 3. The molecule has 15 heavy (non-hydrogen) atoms. The number of hydrogen-bond donors (Lipinski definition) is 1. The maximum atomic E-state index is 11.7. The highest BCUT2D eigenvalue weighted by molar-refractivity contribution is 9.10. The molecule has 0 saturated heterocycles. The lowest BCUT2D eigenvalue weighted by Gasteiger charge is -2.08. The van der Waals surface area contributed by atoms with Crippen LogP contribution >= 0.6 is 15.9 Å². The average Bonchev–Trinajstić information content (AvgIpc) is 2.46. The summed E-state index contributed by atoms with van der Waals surface area (Å²) in [6, 6.07) is 0.0592. The molecule has 6 nitrogen and oxygen atoms in total. The largest absolute Gasteiger partial charge is 0.362 e. The summed E-state index contributed by atoms with van der Waals surface area (Å²) in [6.07, 6.45) is 0. The van der Waals surface area contributed by atoms with E-state index in [1.54, 1.807) is 0 Å². The second-order valence-corrected chi connectivity index (χ2v) is 3.96. The van der Waals surface area contributed by atoms with Crippen LogP contribution in [0, 0.1) is 0 Å². The molecule has 0 radical (unpaired) electrons. The molecule has 1 heterocycles. The zero-order chi connectivity index (χ0) is 11.4. The van der Waals surface area contributed by atoms with Crippen molar-refractivity contribution in [2.75, 3.05) is 7.11 Å². The fraction of sp³-hybridized carbons (Fsp3) is 0.625. The van der Waals surface area contributed by atoms with E-state index < -0.39 is 0 Å². The molecule has 0 aliphatic carbocycles. The van der Waals surface area contributed by atoms with Crippen LogP contribution in [0.15, 0.2) is 4.73 Å². The first-order chi connectivity index (χ1) is 7.04. The maximum Gasteiger partial charge on any atom is 0.289 e. The molecule has 0 saturated carbocycles. The molecule has 1 rings (SSSR count). The molecule has 1 aromatic heterocycles. The zero-order valence-corrected chi connectivity index (χ0v) is 10.4. The molecule has 1 aromatic rings. The Hall–Kier alpha value is -0.950. The predicted octanol–water partition coefficient (Wildman–Crippen LogP) is 0.783. The fourth-order valence-electron chi connectivity index (χ4n) is 1.02. The maximum absolute atomic E-state index is 11.7. The van der Waals surface area contributed by atoms with Gasteiger partial charge in [0.2, 0.25) is 10.6 Å². The van der Waals surface area contributed by atoms with Crippen molar-refractivity contribution in [3.63, 3.8) is 0 Å². The van der Waals surface area contributed by atoms with E-state index in [0.717, 1.165) is 0 Å². The second-order valence-electron chi connectivity index (χ2n) is 3.25. The van der Waals surface area contributed by atoms with Gasteiger partial charge in [-0.2, -0.15) is 4.98 Å². The highest BCUT2D eigenvalue weighted by Crippen LogP contribution is 2.05. The van der Waals surface area contributed by atoms with Crippen molar-refractivity contribution in [2.45, 2.75) is 26.6 Å². The van der Waals surface area contributed by atoms with Crippen LogP contribution in [-0.2, 0) is 11.5 Å². The Kier molecular flexibility index (Phi) is 4.22. The number of nitrogens with one attached hydrogen (secondary N) is 1. The number of rotatable bonds is 4. The molecule has 0 unspecified atom stereocenters. The van der Waals surface area contributed by atoms with Crippen LogP contribution in [0.5, 0.6) is 0 Å². The molecule has 7 heteroatoms. The number of amides is 1. The van der Waals surface area contributed by atoms with Crippen molar-refractivity contribution in [1.29, 1.82) is 0 Å². The SMILES string of the molecule is COCn1nc(Br)nc1C(=O)NC(C)C. The van der Waals surface area contributed by atoms with Gasteiger partial charge in [-0.15, -0.1) is 5.10 Å². The van der Waals surface area contributed by atoms with Crippen LogP contribution in [0.2, 0.25) is 0 Å². The number of halogens is 1. The van der Waals surface area contributed by atoms with Crippen LogP contribution in [0.25, 0.3) is 0 Å². The highest BCUT2D eigenvalue weighted by atomic mass is 79.9. The molecule has 0 fully saturated rings. The normalized spacial score (nSPS) is 10.7. The molecule has 1 N–H and O–H groups in total. The third-order valence-corrected chi connectivity index (χ3v) is 1.86. The molecular formula is C8H13BrN4O2. The Morgan fingerprint density at radius 2 is 2.33 bits per heavy atom. The number of ether oxygens (including phenoxy) is 1. The van der Waals surface area contributed by atoms with Crippen LogP contribution in [0.3, 0.4) is 0 Å². The molecule has 0 aliphatic heterocycles. The highest BCUT2D eigenvalue weighted by Gasteiger charge is 2.16. The van der Waals surface area contributed by atoms with E-state index in [2.05, 4.69) is 31.3 Å². The van der Waals surface area contributed by atoms with Gasteiger partial charge < -0.3 is 10.1 Å². The Labute approximate surface area is 96.1 Å². The van der Waals surface area contributed by atoms with E-state index in [9.17, 15) is 4.79 Å². The van der Waals surface area contributed by atoms with E-state index in [-0.39, 0.29) is 24.5 Å². The molecular weight excluding hydrogens is 264 g/mol. The van der Waals surface area contributed by atoms with Crippen molar-refractivity contribution < 1.29 is 9.53 Å². The Morgan fingerprint density at radius 3 is 2.87 bits per heavy atom.